The van der Waals surface area contributed by atoms with Crippen LogP contribution >= 0.6 is 15.6 Å². The highest BCUT2D eigenvalue weighted by Gasteiger charge is 2.52. The first-order chi connectivity index (χ1) is 39.0. The van der Waals surface area contributed by atoms with Crippen LogP contribution in [0.15, 0.2) is 116 Å². The molecule has 0 radical (unpaired) electrons. The van der Waals surface area contributed by atoms with Crippen molar-refractivity contribution >= 4 is 21.6 Å². The summed E-state index contributed by atoms with van der Waals surface area (Å²) in [6.07, 6.45) is 25.7. The van der Waals surface area contributed by atoms with Gasteiger partial charge in [0, 0.05) is 6.92 Å². The van der Waals surface area contributed by atoms with E-state index in [-0.39, 0.29) is 0 Å². The van der Waals surface area contributed by atoms with E-state index < -0.39 is 96.1 Å². The molecule has 17 nitrogen and oxygen atoms in total. The monoisotopic (exact) mass is 1210 g/mol. The van der Waals surface area contributed by atoms with E-state index in [0.29, 0.717) is 12.8 Å². The maximum Gasteiger partial charge on any atom is 0.276 e. The van der Waals surface area contributed by atoms with Crippen LogP contribution in [0.1, 0.15) is 206 Å². The average Bonchev–Trinajstić information content (AvgIpc) is 3.55. The average molecular weight is 1210 g/mol. The Morgan fingerprint density at radius 1 is 0.482 bits per heavy atom. The molecule has 2 fully saturated rings. The first-order valence-electron chi connectivity index (χ1n) is 29.8. The maximum absolute atomic E-state index is 13.0. The molecule has 1 amide bonds. The van der Waals surface area contributed by atoms with Crippen molar-refractivity contribution in [3.8, 4) is 0 Å². The molecule has 6 N–H and O–H groups in total. The van der Waals surface area contributed by atoms with Gasteiger partial charge in [0.1, 0.15) is 42.7 Å². The van der Waals surface area contributed by atoms with E-state index in [1.165, 1.54) is 63.2 Å². The number of nitrogens with one attached hydrogen (secondary N) is 1. The molecule has 2 rings (SSSR count). The van der Waals surface area contributed by atoms with E-state index in [0.717, 1.165) is 115 Å². The Balaban J connectivity index is 1.71. The lowest BCUT2D eigenvalue weighted by Crippen LogP contribution is -2.67. The zero-order valence-electron chi connectivity index (χ0n) is 52.3. The number of allylic oxidation sites excluding steroid dienone is 19. The number of phosphoric acid groups is 2. The lowest BCUT2D eigenvalue weighted by Gasteiger charge is -2.48. The highest BCUT2D eigenvalue weighted by Crippen LogP contribution is 2.57. The third-order valence-corrected chi connectivity index (χ3v) is 17.3. The second-order valence-electron chi connectivity index (χ2n) is 23.2. The second kappa shape index (κ2) is 40.3. The van der Waals surface area contributed by atoms with Gasteiger partial charge < -0.3 is 59.4 Å². The van der Waals surface area contributed by atoms with Crippen molar-refractivity contribution in [3.63, 3.8) is 0 Å². The van der Waals surface area contributed by atoms with E-state index in [4.69, 9.17) is 23.3 Å². The van der Waals surface area contributed by atoms with Gasteiger partial charge >= 0.3 is 0 Å². The molecule has 0 aromatic rings. The van der Waals surface area contributed by atoms with Crippen LogP contribution in [-0.4, -0.2) is 106 Å². The number of hydrogen-bond acceptors (Lipinski definition) is 16. The van der Waals surface area contributed by atoms with Gasteiger partial charge in [-0.1, -0.05) is 116 Å². The van der Waals surface area contributed by atoms with Crippen LogP contribution in [0.3, 0.4) is 0 Å². The van der Waals surface area contributed by atoms with Crippen LogP contribution in [-0.2, 0) is 41.5 Å². The molecule has 2 heterocycles. The summed E-state index contributed by atoms with van der Waals surface area (Å²) in [6, 6.07) is -1.76. The summed E-state index contributed by atoms with van der Waals surface area (Å²) in [5, 5.41) is 53.9. The molecule has 83 heavy (non-hydrogen) atoms. The Hall–Kier alpha value is -3.19. The number of carbonyl (C=O) groups excluding carboxylic acids is 1. The Bertz CT molecular complexity index is 2390. The SMILES string of the molecule is CC(=O)N[C@H]1[C@@H](OP(=O)([O-])OP(=O)([O-])OC/C=C(/C)CC/C=C(/C)CC/C=C(/C)CC/C=C(/C)CC/C=C(/C)CC/C=C(/C)CC/C=C(/C)CC/C=C(/C)CC/C=C(\C)CCC=C(C)C)O[C@H](CO)[C@@H](O)[C@@H]1O[C@@H]1O[C@@H](C)[C@H](O)[C@@H](O)[C@H]1O. The van der Waals surface area contributed by atoms with E-state index >= 15 is 0 Å². The largest absolute Gasteiger partial charge is 0.756 e. The van der Waals surface area contributed by atoms with Gasteiger partial charge in [-0.05, 0) is 199 Å². The molecule has 2 aliphatic heterocycles. The maximum atomic E-state index is 13.0. The number of amides is 1. The summed E-state index contributed by atoms with van der Waals surface area (Å²) >= 11 is 0. The van der Waals surface area contributed by atoms with E-state index in [1.54, 1.807) is 6.92 Å². The molecule has 19 heteroatoms. The van der Waals surface area contributed by atoms with Crippen molar-refractivity contribution in [2.24, 2.45) is 0 Å². The van der Waals surface area contributed by atoms with E-state index in [1.807, 2.05) is 0 Å². The highest BCUT2D eigenvalue weighted by atomic mass is 31.3. The minimum atomic E-state index is -5.91. The number of carbonyl (C=O) groups is 1. The van der Waals surface area contributed by atoms with Gasteiger partial charge in [0.2, 0.25) is 5.91 Å². The molecule has 2 unspecified atom stereocenters. The summed E-state index contributed by atoms with van der Waals surface area (Å²) in [6.45, 7) is 24.8. The normalized spacial score (nSPS) is 26.4. The molecule has 2 aliphatic rings. The summed E-state index contributed by atoms with van der Waals surface area (Å²) in [5.74, 6) is -0.816. The Morgan fingerprint density at radius 3 is 1.17 bits per heavy atom. The minimum Gasteiger partial charge on any atom is -0.756 e. The zero-order chi connectivity index (χ0) is 62.3. The van der Waals surface area contributed by atoms with Crippen molar-refractivity contribution in [1.29, 1.82) is 0 Å². The van der Waals surface area contributed by atoms with Gasteiger partial charge in [-0.25, -0.2) is 4.31 Å². The van der Waals surface area contributed by atoms with Gasteiger partial charge in [0.25, 0.3) is 15.6 Å². The molecular weight excluding hydrogens is 1100 g/mol. The molecule has 0 aliphatic carbocycles. The molecule has 0 aromatic heterocycles. The topological polar surface area (TPSA) is 266 Å². The quantitative estimate of drug-likeness (QED) is 0.0248. The number of aliphatic hydroxyl groups excluding tert-OH is 5. The van der Waals surface area contributed by atoms with E-state index in [2.05, 4.69) is 134 Å². The number of hydrogen-bond donors (Lipinski definition) is 6. The van der Waals surface area contributed by atoms with Crippen molar-refractivity contribution in [2.45, 2.75) is 267 Å². The van der Waals surface area contributed by atoms with Crippen molar-refractivity contribution in [1.82, 2.24) is 5.32 Å². The summed E-state index contributed by atoms with van der Waals surface area (Å²) in [5.41, 5.74) is 13.6. The highest BCUT2D eigenvalue weighted by molar-refractivity contribution is 7.59. The molecule has 0 aromatic carbocycles. The van der Waals surface area contributed by atoms with Crippen molar-refractivity contribution in [2.75, 3.05) is 13.2 Å². The molecule has 474 valence electrons. The van der Waals surface area contributed by atoms with Crippen LogP contribution in [0.25, 0.3) is 0 Å². The molecule has 0 bridgehead atoms. The summed E-state index contributed by atoms with van der Waals surface area (Å²) in [4.78, 5) is 37.8. The van der Waals surface area contributed by atoms with Crippen molar-refractivity contribution in [3.05, 3.63) is 116 Å². The van der Waals surface area contributed by atoms with Crippen molar-refractivity contribution < 1.29 is 76.8 Å². The number of rotatable bonds is 38. The third kappa shape index (κ3) is 32.9. The molecular formula is C64H105NO16P2-2. The molecule has 0 spiro atoms. The number of ether oxygens (including phenoxy) is 3. The lowest BCUT2D eigenvalue weighted by molar-refractivity contribution is -0.339. The van der Waals surface area contributed by atoms with Crippen LogP contribution in [0.5, 0.6) is 0 Å². The third-order valence-electron chi connectivity index (χ3n) is 14.8. The van der Waals surface area contributed by atoms with Crippen LogP contribution < -0.4 is 15.1 Å². The van der Waals surface area contributed by atoms with Gasteiger partial charge in [-0.3, -0.25) is 18.4 Å². The second-order valence-corrected chi connectivity index (χ2v) is 26.1. The summed E-state index contributed by atoms with van der Waals surface area (Å²) in [7, 11) is -11.5. The minimum absolute atomic E-state index is 0.552. The molecule has 0 saturated carbocycles. The van der Waals surface area contributed by atoms with Gasteiger partial charge in [0.15, 0.2) is 12.6 Å². The number of phosphoric ester groups is 2. The van der Waals surface area contributed by atoms with Crippen LogP contribution in [0.2, 0.25) is 0 Å². The van der Waals surface area contributed by atoms with Gasteiger partial charge in [-0.15, -0.1) is 0 Å². The fraction of sp³-hybridized carbons (Fsp3) is 0.672. The molecule has 2 saturated heterocycles. The smallest absolute Gasteiger partial charge is 0.276 e. The lowest BCUT2D eigenvalue weighted by atomic mass is 9.95. The fourth-order valence-corrected chi connectivity index (χ4v) is 11.4. The Morgan fingerprint density at radius 2 is 0.831 bits per heavy atom. The predicted molar refractivity (Wildman–Crippen MR) is 326 cm³/mol. The first-order valence-corrected chi connectivity index (χ1v) is 32.7. The Kier molecular flexibility index (Phi) is 36.9. The summed E-state index contributed by atoms with van der Waals surface area (Å²) < 4.78 is 56.0. The first kappa shape index (κ1) is 75.9. The van der Waals surface area contributed by atoms with Crippen LogP contribution in [0.4, 0.5) is 0 Å². The zero-order valence-corrected chi connectivity index (χ0v) is 54.1. The van der Waals surface area contributed by atoms with Crippen LogP contribution in [0, 0.1) is 0 Å². The Labute approximate surface area is 498 Å². The standard InChI is InChI=1S/C64H107NO16P2/c1-44(2)23-14-24-45(3)25-15-26-46(4)27-16-28-47(5)29-17-30-48(6)31-18-32-49(7)33-19-34-50(8)35-20-36-51(9)37-21-38-52(10)39-22-40-53(11)41-42-76-82(72,73)81-83(74,75)80-63-57(65-55(13)67)62(59(69)56(43-66)78-63)79-64-61(71)60(70)58(68)54(12)77-64/h23,25,27,29,31,33,35,37,39,41,54,56-64,66,68-71H,14-22,24,26,28,30,32,34,36,38,40,42-43H2,1-13H3,(H,65,67)(H,72,73)(H,74,75)/p-2/b45-25+,46-27-,47-29-,48-31-,49-33-,50-35-,51-37-,52-39-,53-41-/t54-,56+,57+,58-,59+,60+,61+,62+,63+,64-/m0/s1. The predicted octanol–water partition coefficient (Wildman–Crippen LogP) is 12.3. The van der Waals surface area contributed by atoms with E-state index in [9.17, 15) is 49.2 Å². The molecule has 12 atom stereocenters. The van der Waals surface area contributed by atoms with Gasteiger partial charge in [-0.2, -0.15) is 0 Å². The van der Waals surface area contributed by atoms with Gasteiger partial charge in [0.05, 0.1) is 19.3 Å². The fourth-order valence-electron chi connectivity index (χ4n) is 9.43. The number of aliphatic hydroxyl groups is 5.